The molecule has 0 bridgehead atoms. The van der Waals surface area contributed by atoms with E-state index in [0.717, 1.165) is 4.88 Å². The molecule has 1 aliphatic rings. The molecule has 0 atom stereocenters. The van der Waals surface area contributed by atoms with Crippen molar-refractivity contribution in [2.24, 2.45) is 0 Å². The summed E-state index contributed by atoms with van der Waals surface area (Å²) in [5.74, 6) is -1.96. The Morgan fingerprint density at radius 3 is 2.25 bits per heavy atom. The maximum Gasteiger partial charge on any atom is 0.364 e. The first kappa shape index (κ1) is 12.6. The molecule has 0 radical (unpaired) electrons. The zero-order valence-corrected chi connectivity index (χ0v) is 11.3. The zero-order valence-electron chi connectivity index (χ0n) is 10.5. The van der Waals surface area contributed by atoms with Crippen LogP contribution in [0.5, 0.6) is 0 Å². The lowest BCUT2D eigenvalue weighted by molar-refractivity contribution is -0.0584. The molecule has 1 aliphatic heterocycles. The molecule has 20 heavy (non-hydrogen) atoms. The number of hydroxylamine groups is 2. The summed E-state index contributed by atoms with van der Waals surface area (Å²) in [6.45, 7) is 1.85. The van der Waals surface area contributed by atoms with Crippen LogP contribution < -0.4 is 0 Å². The minimum atomic E-state index is -0.719. The molecule has 1 aromatic carbocycles. The van der Waals surface area contributed by atoms with Gasteiger partial charge in [0.05, 0.1) is 16.7 Å². The van der Waals surface area contributed by atoms with Gasteiger partial charge in [-0.2, -0.15) is 0 Å². The Morgan fingerprint density at radius 1 is 1.15 bits per heavy atom. The number of carbonyl (C=O) groups is 3. The van der Waals surface area contributed by atoms with Gasteiger partial charge in [-0.1, -0.05) is 17.2 Å². The van der Waals surface area contributed by atoms with E-state index < -0.39 is 17.8 Å². The number of nitrogens with zero attached hydrogens (tertiary/aromatic N) is 1. The fraction of sp³-hybridized carbons (Fsp3) is 0.0714. The predicted molar refractivity (Wildman–Crippen MR) is 71.4 cm³/mol. The number of thiophene rings is 1. The highest BCUT2D eigenvalue weighted by Gasteiger charge is 2.38. The molecule has 0 saturated heterocycles. The molecule has 2 amide bonds. The van der Waals surface area contributed by atoms with Gasteiger partial charge in [0.15, 0.2) is 0 Å². The second kappa shape index (κ2) is 4.57. The number of aryl methyl sites for hydroxylation is 1. The van der Waals surface area contributed by atoms with Gasteiger partial charge in [0.1, 0.15) is 0 Å². The van der Waals surface area contributed by atoms with Gasteiger partial charge in [0.25, 0.3) is 11.8 Å². The Labute approximate surface area is 118 Å². The van der Waals surface area contributed by atoms with Gasteiger partial charge in [-0.15, -0.1) is 11.3 Å². The summed E-state index contributed by atoms with van der Waals surface area (Å²) >= 11 is 1.39. The molecule has 0 fully saturated rings. The van der Waals surface area contributed by atoms with Crippen LogP contribution in [0.1, 0.15) is 36.0 Å². The summed E-state index contributed by atoms with van der Waals surface area (Å²) in [7, 11) is 0. The second-order valence-electron chi connectivity index (χ2n) is 4.28. The molecular weight excluding hydrogens is 278 g/mol. The summed E-state index contributed by atoms with van der Waals surface area (Å²) in [5, 5.41) is 2.13. The molecule has 2 heterocycles. The number of fused-ring (bicyclic) bond motifs is 1. The van der Waals surface area contributed by atoms with Crippen LogP contribution in [0.15, 0.2) is 35.7 Å². The first-order valence-corrected chi connectivity index (χ1v) is 6.71. The van der Waals surface area contributed by atoms with Crippen molar-refractivity contribution in [1.29, 1.82) is 0 Å². The van der Waals surface area contributed by atoms with E-state index in [1.165, 1.54) is 23.5 Å². The van der Waals surface area contributed by atoms with E-state index in [4.69, 9.17) is 4.84 Å². The fourth-order valence-corrected chi connectivity index (χ4v) is 2.61. The van der Waals surface area contributed by atoms with Gasteiger partial charge in [-0.25, -0.2) is 4.79 Å². The lowest BCUT2D eigenvalue weighted by atomic mass is 10.1. The van der Waals surface area contributed by atoms with Crippen LogP contribution in [0.4, 0.5) is 0 Å². The van der Waals surface area contributed by atoms with Crippen LogP contribution in [0.3, 0.4) is 0 Å². The minimum Gasteiger partial charge on any atom is -0.324 e. The zero-order chi connectivity index (χ0) is 14.3. The Kier molecular flexibility index (Phi) is 2.87. The molecule has 5 nitrogen and oxygen atoms in total. The van der Waals surface area contributed by atoms with E-state index in [1.807, 2.05) is 6.92 Å². The van der Waals surface area contributed by atoms with E-state index in [9.17, 15) is 14.4 Å². The van der Waals surface area contributed by atoms with Crippen molar-refractivity contribution < 1.29 is 19.2 Å². The molecular formula is C14H9NO4S. The van der Waals surface area contributed by atoms with Crippen molar-refractivity contribution in [2.75, 3.05) is 0 Å². The molecule has 2 aromatic rings. The van der Waals surface area contributed by atoms with Crippen LogP contribution in [0.2, 0.25) is 0 Å². The van der Waals surface area contributed by atoms with Gasteiger partial charge >= 0.3 is 5.97 Å². The maximum absolute atomic E-state index is 12.0. The molecule has 0 N–H and O–H groups in total. The number of hydrogen-bond acceptors (Lipinski definition) is 5. The summed E-state index contributed by atoms with van der Waals surface area (Å²) in [6, 6.07) is 8.00. The van der Waals surface area contributed by atoms with Crippen molar-refractivity contribution in [2.45, 2.75) is 6.92 Å². The van der Waals surface area contributed by atoms with Crippen molar-refractivity contribution >= 4 is 29.1 Å². The molecule has 1 aromatic heterocycles. The minimum absolute atomic E-state index is 0.242. The van der Waals surface area contributed by atoms with Crippen LogP contribution in [0, 0.1) is 6.92 Å². The third-order valence-electron chi connectivity index (χ3n) is 2.90. The Morgan fingerprint density at radius 2 is 1.75 bits per heavy atom. The molecule has 0 unspecified atom stereocenters. The van der Waals surface area contributed by atoms with Crippen molar-refractivity contribution in [3.63, 3.8) is 0 Å². The van der Waals surface area contributed by atoms with E-state index in [0.29, 0.717) is 10.6 Å². The molecule has 0 aliphatic carbocycles. The lowest BCUT2D eigenvalue weighted by Gasteiger charge is -2.11. The number of carbonyl (C=O) groups excluding carboxylic acids is 3. The first-order chi connectivity index (χ1) is 9.58. The number of hydrogen-bond donors (Lipinski definition) is 0. The van der Waals surface area contributed by atoms with Crippen LogP contribution in [-0.4, -0.2) is 22.8 Å². The summed E-state index contributed by atoms with van der Waals surface area (Å²) in [6.07, 6.45) is 0. The van der Waals surface area contributed by atoms with Crippen LogP contribution in [-0.2, 0) is 4.84 Å². The van der Waals surface area contributed by atoms with Crippen LogP contribution in [0.25, 0.3) is 0 Å². The fourth-order valence-electron chi connectivity index (χ4n) is 1.94. The Bertz CT molecular complexity index is 699. The summed E-state index contributed by atoms with van der Waals surface area (Å²) in [5.41, 5.74) is 0.808. The van der Waals surface area contributed by atoms with Crippen LogP contribution >= 0.6 is 11.3 Å². The number of amides is 2. The Hall–Kier alpha value is -2.47. The van der Waals surface area contributed by atoms with E-state index in [1.54, 1.807) is 23.6 Å². The van der Waals surface area contributed by atoms with Crippen molar-refractivity contribution in [1.82, 2.24) is 5.06 Å². The van der Waals surface area contributed by atoms with Gasteiger partial charge < -0.3 is 4.84 Å². The van der Waals surface area contributed by atoms with E-state index in [2.05, 4.69) is 0 Å². The molecule has 100 valence electrons. The number of imide groups is 1. The SMILES string of the molecule is Cc1cc(C(=O)ON2C(=O)c3ccccc3C2=O)cs1. The summed E-state index contributed by atoms with van der Waals surface area (Å²) < 4.78 is 0. The third-order valence-corrected chi connectivity index (χ3v) is 3.76. The number of rotatable bonds is 2. The van der Waals surface area contributed by atoms with Crippen molar-refractivity contribution in [3.8, 4) is 0 Å². The average molecular weight is 287 g/mol. The smallest absolute Gasteiger partial charge is 0.324 e. The highest BCUT2D eigenvalue weighted by atomic mass is 32.1. The monoisotopic (exact) mass is 287 g/mol. The van der Waals surface area contributed by atoms with E-state index in [-0.39, 0.29) is 11.1 Å². The van der Waals surface area contributed by atoms with Gasteiger partial charge in [-0.3, -0.25) is 9.59 Å². The molecule has 6 heteroatoms. The topological polar surface area (TPSA) is 63.7 Å². The highest BCUT2D eigenvalue weighted by molar-refractivity contribution is 7.10. The quantitative estimate of drug-likeness (QED) is 0.796. The predicted octanol–water partition coefficient (Wildman–Crippen LogP) is 2.42. The Balaban J connectivity index is 1.85. The molecule has 0 saturated carbocycles. The van der Waals surface area contributed by atoms with Gasteiger partial charge in [0, 0.05) is 10.3 Å². The largest absolute Gasteiger partial charge is 0.364 e. The first-order valence-electron chi connectivity index (χ1n) is 5.83. The summed E-state index contributed by atoms with van der Waals surface area (Å²) in [4.78, 5) is 41.8. The molecule has 3 rings (SSSR count). The average Bonchev–Trinajstić information content (AvgIpc) is 2.98. The third kappa shape index (κ3) is 1.90. The normalized spacial score (nSPS) is 13.6. The van der Waals surface area contributed by atoms with E-state index >= 15 is 0 Å². The maximum atomic E-state index is 12.0. The second-order valence-corrected chi connectivity index (χ2v) is 5.39. The van der Waals surface area contributed by atoms with Gasteiger partial charge in [-0.05, 0) is 25.1 Å². The van der Waals surface area contributed by atoms with Gasteiger partial charge in [0.2, 0.25) is 0 Å². The lowest BCUT2D eigenvalue weighted by Crippen LogP contribution is -2.32. The standard InChI is InChI=1S/C14H9NO4S/c1-8-6-9(7-20-8)14(18)19-15-12(16)10-4-2-3-5-11(10)13(15)17/h2-7H,1H3. The molecule has 0 spiro atoms. The highest BCUT2D eigenvalue weighted by Crippen LogP contribution is 2.24. The van der Waals surface area contributed by atoms with Crippen molar-refractivity contribution in [3.05, 3.63) is 57.3 Å². The number of benzene rings is 1.